The summed E-state index contributed by atoms with van der Waals surface area (Å²) in [6.07, 6.45) is 1.08. The van der Waals surface area contributed by atoms with Gasteiger partial charge in [-0.15, -0.1) is 0 Å². The van der Waals surface area contributed by atoms with Gasteiger partial charge in [0.25, 0.3) is 0 Å². The topological polar surface area (TPSA) is 58.4 Å². The molecule has 0 spiro atoms. The van der Waals surface area contributed by atoms with Crippen LogP contribution in [0, 0.1) is 12.3 Å². The third-order valence-corrected chi connectivity index (χ3v) is 3.38. The number of carboxylic acids is 1. The van der Waals surface area contributed by atoms with E-state index in [9.17, 15) is 9.90 Å². The van der Waals surface area contributed by atoms with Gasteiger partial charge in [-0.1, -0.05) is 13.8 Å². The molecule has 5 heteroatoms. The van der Waals surface area contributed by atoms with Gasteiger partial charge in [0, 0.05) is 20.1 Å². The molecule has 0 bridgehead atoms. The Hall–Kier alpha value is -1.52. The summed E-state index contributed by atoms with van der Waals surface area (Å²) < 4.78 is 1.68. The second kappa shape index (κ2) is 3.75. The second-order valence-electron chi connectivity index (χ2n) is 5.55. The predicted octanol–water partition coefficient (Wildman–Crippen LogP) is 1.66. The highest BCUT2D eigenvalue weighted by Crippen LogP contribution is 2.34. The van der Waals surface area contributed by atoms with Gasteiger partial charge in [-0.25, -0.2) is 4.79 Å². The van der Waals surface area contributed by atoms with Gasteiger partial charge in [0.2, 0.25) is 0 Å². The number of hydrogen-bond acceptors (Lipinski definition) is 3. The van der Waals surface area contributed by atoms with Crippen molar-refractivity contribution in [2.24, 2.45) is 12.5 Å². The standard InChI is InChI=1S/C12H19N3O2/c1-8-9(11(16)17)10(14(4)13-8)15-6-5-12(2,3)7-15/h5-7H2,1-4H3,(H,16,17). The van der Waals surface area contributed by atoms with Crippen molar-refractivity contribution in [3.05, 3.63) is 11.3 Å². The van der Waals surface area contributed by atoms with Gasteiger partial charge in [0.15, 0.2) is 0 Å². The minimum absolute atomic E-state index is 0.244. The molecule has 0 amide bonds. The summed E-state index contributed by atoms with van der Waals surface area (Å²) in [5, 5.41) is 13.5. The van der Waals surface area contributed by atoms with E-state index in [1.165, 1.54) is 0 Å². The van der Waals surface area contributed by atoms with Crippen LogP contribution in [0.3, 0.4) is 0 Å². The zero-order valence-electron chi connectivity index (χ0n) is 10.8. The number of carboxylic acid groups (broad SMARTS) is 1. The fraction of sp³-hybridized carbons (Fsp3) is 0.667. The Labute approximate surface area is 101 Å². The number of rotatable bonds is 2. The number of aryl methyl sites for hydroxylation is 2. The van der Waals surface area contributed by atoms with Crippen LogP contribution >= 0.6 is 0 Å². The van der Waals surface area contributed by atoms with Crippen LogP contribution in [0.15, 0.2) is 0 Å². The van der Waals surface area contributed by atoms with Crippen molar-refractivity contribution in [1.29, 1.82) is 0 Å². The molecule has 0 aromatic carbocycles. The van der Waals surface area contributed by atoms with Crippen molar-refractivity contribution in [3.8, 4) is 0 Å². The third kappa shape index (κ3) is 2.01. The van der Waals surface area contributed by atoms with Gasteiger partial charge in [0.05, 0.1) is 5.69 Å². The molecule has 1 aromatic rings. The zero-order valence-corrected chi connectivity index (χ0v) is 10.8. The fourth-order valence-corrected chi connectivity index (χ4v) is 2.55. The molecule has 17 heavy (non-hydrogen) atoms. The van der Waals surface area contributed by atoms with Gasteiger partial charge in [-0.3, -0.25) is 4.68 Å². The quantitative estimate of drug-likeness (QED) is 0.850. The van der Waals surface area contributed by atoms with Crippen LogP contribution in [0.5, 0.6) is 0 Å². The molecule has 1 saturated heterocycles. The maximum absolute atomic E-state index is 11.3. The lowest BCUT2D eigenvalue weighted by Gasteiger charge is -2.22. The van der Waals surface area contributed by atoms with Crippen molar-refractivity contribution in [3.63, 3.8) is 0 Å². The van der Waals surface area contributed by atoms with Crippen LogP contribution in [0.25, 0.3) is 0 Å². The van der Waals surface area contributed by atoms with E-state index in [1.807, 2.05) is 0 Å². The summed E-state index contributed by atoms with van der Waals surface area (Å²) in [5.74, 6) is -0.157. The maximum atomic E-state index is 11.3. The SMILES string of the molecule is Cc1nn(C)c(N2CCC(C)(C)C2)c1C(=O)O. The lowest BCUT2D eigenvalue weighted by Crippen LogP contribution is -2.26. The van der Waals surface area contributed by atoms with E-state index in [2.05, 4.69) is 23.8 Å². The van der Waals surface area contributed by atoms with Crippen LogP contribution < -0.4 is 4.90 Å². The highest BCUT2D eigenvalue weighted by Gasteiger charge is 2.33. The van der Waals surface area contributed by atoms with E-state index < -0.39 is 5.97 Å². The summed E-state index contributed by atoms with van der Waals surface area (Å²) in [6, 6.07) is 0. The predicted molar refractivity (Wildman–Crippen MR) is 65.5 cm³/mol. The number of hydrogen-bond donors (Lipinski definition) is 1. The van der Waals surface area contributed by atoms with Crippen molar-refractivity contribution >= 4 is 11.8 Å². The number of carbonyl (C=O) groups is 1. The Bertz CT molecular complexity index is 463. The molecule has 0 radical (unpaired) electrons. The second-order valence-corrected chi connectivity index (χ2v) is 5.55. The molecule has 1 fully saturated rings. The molecule has 1 aliphatic heterocycles. The van der Waals surface area contributed by atoms with Crippen LogP contribution in [0.2, 0.25) is 0 Å². The molecule has 0 atom stereocenters. The highest BCUT2D eigenvalue weighted by atomic mass is 16.4. The molecule has 1 aliphatic rings. The van der Waals surface area contributed by atoms with Gasteiger partial charge < -0.3 is 10.0 Å². The van der Waals surface area contributed by atoms with Crippen molar-refractivity contribution < 1.29 is 9.90 Å². The average Bonchev–Trinajstić information content (AvgIpc) is 2.66. The molecule has 0 unspecified atom stereocenters. The van der Waals surface area contributed by atoms with E-state index in [1.54, 1.807) is 18.7 Å². The number of nitrogens with zero attached hydrogens (tertiary/aromatic N) is 3. The third-order valence-electron chi connectivity index (χ3n) is 3.38. The van der Waals surface area contributed by atoms with Gasteiger partial charge in [-0.2, -0.15) is 5.10 Å². The molecule has 0 saturated carbocycles. The van der Waals surface area contributed by atoms with Crippen molar-refractivity contribution in [2.45, 2.75) is 27.2 Å². The van der Waals surface area contributed by atoms with E-state index in [-0.39, 0.29) is 5.41 Å². The van der Waals surface area contributed by atoms with Crippen LogP contribution in [0.4, 0.5) is 5.82 Å². The molecule has 2 rings (SSSR count). The van der Waals surface area contributed by atoms with E-state index in [4.69, 9.17) is 0 Å². The zero-order chi connectivity index (χ0) is 12.8. The minimum Gasteiger partial charge on any atom is -0.477 e. The summed E-state index contributed by atoms with van der Waals surface area (Å²) in [6.45, 7) is 7.93. The Kier molecular flexibility index (Phi) is 2.64. The summed E-state index contributed by atoms with van der Waals surface area (Å²) in [5.41, 5.74) is 1.17. The Balaban J connectivity index is 2.42. The number of aromatic carboxylic acids is 1. The molecular formula is C12H19N3O2. The van der Waals surface area contributed by atoms with Crippen molar-refractivity contribution in [2.75, 3.05) is 18.0 Å². The molecular weight excluding hydrogens is 218 g/mol. The average molecular weight is 237 g/mol. The first kappa shape index (κ1) is 12.0. The largest absolute Gasteiger partial charge is 0.477 e. The molecule has 0 aliphatic carbocycles. The van der Waals surface area contributed by atoms with Crippen LogP contribution in [0.1, 0.15) is 36.3 Å². The van der Waals surface area contributed by atoms with Gasteiger partial charge in [-0.05, 0) is 18.8 Å². The molecule has 2 heterocycles. The monoisotopic (exact) mass is 237 g/mol. The highest BCUT2D eigenvalue weighted by molar-refractivity contribution is 5.95. The van der Waals surface area contributed by atoms with Gasteiger partial charge >= 0.3 is 5.97 Å². The van der Waals surface area contributed by atoms with Crippen molar-refractivity contribution in [1.82, 2.24) is 9.78 Å². The molecule has 1 N–H and O–H groups in total. The fourth-order valence-electron chi connectivity index (χ4n) is 2.55. The summed E-state index contributed by atoms with van der Waals surface area (Å²) in [7, 11) is 1.81. The number of anilines is 1. The van der Waals surface area contributed by atoms with E-state index >= 15 is 0 Å². The molecule has 5 nitrogen and oxygen atoms in total. The van der Waals surface area contributed by atoms with Crippen LogP contribution in [-0.2, 0) is 7.05 Å². The Morgan fingerprint density at radius 2 is 2.12 bits per heavy atom. The smallest absolute Gasteiger partial charge is 0.341 e. The summed E-state index contributed by atoms with van der Waals surface area (Å²) in [4.78, 5) is 13.4. The number of aromatic nitrogens is 2. The van der Waals surface area contributed by atoms with E-state index in [0.29, 0.717) is 11.3 Å². The molecule has 94 valence electrons. The minimum atomic E-state index is -0.893. The summed E-state index contributed by atoms with van der Waals surface area (Å²) >= 11 is 0. The Morgan fingerprint density at radius 3 is 2.59 bits per heavy atom. The first-order chi connectivity index (χ1) is 7.82. The maximum Gasteiger partial charge on any atom is 0.341 e. The molecule has 1 aromatic heterocycles. The lowest BCUT2D eigenvalue weighted by molar-refractivity contribution is 0.0696. The first-order valence-electron chi connectivity index (χ1n) is 5.84. The first-order valence-corrected chi connectivity index (χ1v) is 5.84. The van der Waals surface area contributed by atoms with Gasteiger partial charge in [0.1, 0.15) is 11.4 Å². The van der Waals surface area contributed by atoms with E-state index in [0.717, 1.165) is 25.3 Å². The van der Waals surface area contributed by atoms with Crippen LogP contribution in [-0.4, -0.2) is 33.9 Å². The normalized spacial score (nSPS) is 18.7. The Morgan fingerprint density at radius 1 is 1.47 bits per heavy atom. The lowest BCUT2D eigenvalue weighted by atomic mass is 9.93.